The second-order valence-electron chi connectivity index (χ2n) is 15.2. The van der Waals surface area contributed by atoms with Crippen LogP contribution >= 0.6 is 0 Å². The summed E-state index contributed by atoms with van der Waals surface area (Å²) in [5.74, 6) is 2.42. The van der Waals surface area contributed by atoms with E-state index in [0.29, 0.717) is 12.8 Å². The molecular weight excluding hydrogens is 621 g/mol. The lowest BCUT2D eigenvalue weighted by Crippen LogP contribution is -2.40. The van der Waals surface area contributed by atoms with Gasteiger partial charge in [0.25, 0.3) is 0 Å². The van der Waals surface area contributed by atoms with Crippen LogP contribution in [0.15, 0.2) is 77.1 Å². The Hall–Kier alpha value is -3.91. The smallest absolute Gasteiger partial charge is 0.229 e. The van der Waals surface area contributed by atoms with Crippen LogP contribution in [0, 0.1) is 17.8 Å². The van der Waals surface area contributed by atoms with Gasteiger partial charge in [-0.05, 0) is 136 Å². The van der Waals surface area contributed by atoms with Gasteiger partial charge in [-0.2, -0.15) is 0 Å². The number of nitrogens with zero attached hydrogens (tertiary/aromatic N) is 3. The molecule has 5 heterocycles. The van der Waals surface area contributed by atoms with E-state index in [1.165, 1.54) is 73.2 Å². The van der Waals surface area contributed by atoms with Crippen LogP contribution in [0.3, 0.4) is 0 Å². The number of hydrogen-bond donors (Lipinski definition) is 3. The van der Waals surface area contributed by atoms with Gasteiger partial charge in [0.2, 0.25) is 11.8 Å². The lowest BCUT2D eigenvalue weighted by molar-refractivity contribution is -0.136. The molecule has 0 saturated carbocycles. The Balaban J connectivity index is 0.779. The van der Waals surface area contributed by atoms with E-state index in [0.717, 1.165) is 94.7 Å². The molecule has 0 radical (unpaired) electrons. The van der Waals surface area contributed by atoms with Gasteiger partial charge in [0.1, 0.15) is 5.82 Å². The van der Waals surface area contributed by atoms with Gasteiger partial charge < -0.3 is 20.4 Å². The highest BCUT2D eigenvalue weighted by molar-refractivity contribution is 6.03. The summed E-state index contributed by atoms with van der Waals surface area (Å²) in [4.78, 5) is 33.6. The monoisotopic (exact) mass is 676 g/mol. The molecule has 5 aliphatic rings. The van der Waals surface area contributed by atoms with Crippen molar-refractivity contribution in [1.29, 1.82) is 0 Å². The lowest BCUT2D eigenvalue weighted by atomic mass is 9.86. The van der Waals surface area contributed by atoms with Crippen molar-refractivity contribution in [2.45, 2.75) is 89.9 Å². The third-order valence-corrected chi connectivity index (χ3v) is 11.8. The number of carbonyl (C=O) groups is 2. The van der Waals surface area contributed by atoms with Crippen LogP contribution in [0.2, 0.25) is 0 Å². The number of fused-ring (bicyclic) bond motifs is 1. The molecule has 4 saturated heterocycles. The van der Waals surface area contributed by atoms with E-state index >= 15 is 0 Å². The topological polar surface area (TPSA) is 89.1 Å². The minimum atomic E-state index is -0.134. The second-order valence-corrected chi connectivity index (χ2v) is 15.2. The summed E-state index contributed by atoms with van der Waals surface area (Å²) in [5, 5.41) is 9.52. The average Bonchev–Trinajstić information content (AvgIpc) is 3.14. The summed E-state index contributed by atoms with van der Waals surface area (Å²) < 4.78 is 0. The van der Waals surface area contributed by atoms with Gasteiger partial charge >= 0.3 is 0 Å². The number of rotatable bonds is 11. The Bertz CT molecular complexity index is 1550. The number of hydrogen-bond acceptors (Lipinski definition) is 7. The molecule has 1 unspecified atom stereocenters. The lowest BCUT2D eigenvalue weighted by Gasteiger charge is -2.35. The minimum absolute atomic E-state index is 0.0394. The maximum absolute atomic E-state index is 12.1. The third-order valence-electron chi connectivity index (χ3n) is 11.8. The number of carbonyl (C=O) groups excluding carboxylic acids is 2. The van der Waals surface area contributed by atoms with E-state index in [-0.39, 0.29) is 17.7 Å². The molecule has 2 amide bonds. The number of amides is 2. The first-order valence-corrected chi connectivity index (χ1v) is 19.5. The number of benzene rings is 2. The van der Waals surface area contributed by atoms with Crippen LogP contribution in [-0.4, -0.2) is 56.8 Å². The predicted molar refractivity (Wildman–Crippen MR) is 205 cm³/mol. The van der Waals surface area contributed by atoms with Crippen molar-refractivity contribution in [3.8, 4) is 0 Å². The average molecular weight is 677 g/mol. The van der Waals surface area contributed by atoms with Crippen LogP contribution < -0.4 is 25.8 Å². The Morgan fingerprint density at radius 3 is 2.04 bits per heavy atom. The molecule has 0 spiro atoms. The van der Waals surface area contributed by atoms with Crippen LogP contribution in [0.5, 0.6) is 0 Å². The van der Waals surface area contributed by atoms with E-state index in [4.69, 9.17) is 4.99 Å². The molecule has 8 heteroatoms. The molecule has 50 heavy (non-hydrogen) atoms. The van der Waals surface area contributed by atoms with Crippen molar-refractivity contribution in [2.75, 3.05) is 54.4 Å². The zero-order valence-electron chi connectivity index (χ0n) is 29.8. The second kappa shape index (κ2) is 16.9. The largest absolute Gasteiger partial charge is 0.372 e. The van der Waals surface area contributed by atoms with Crippen molar-refractivity contribution in [3.63, 3.8) is 0 Å². The molecule has 266 valence electrons. The van der Waals surface area contributed by atoms with E-state index in [1.807, 2.05) is 0 Å². The van der Waals surface area contributed by atoms with Crippen molar-refractivity contribution in [2.24, 2.45) is 22.7 Å². The third kappa shape index (κ3) is 9.25. The first-order valence-electron chi connectivity index (χ1n) is 19.5. The quantitative estimate of drug-likeness (QED) is 0.215. The molecule has 8 nitrogen and oxygen atoms in total. The van der Waals surface area contributed by atoms with E-state index in [2.05, 4.69) is 86.4 Å². The van der Waals surface area contributed by atoms with Gasteiger partial charge in [0.05, 0.1) is 5.71 Å². The van der Waals surface area contributed by atoms with Gasteiger partial charge in [0.15, 0.2) is 0 Å². The first-order chi connectivity index (χ1) is 24.6. The molecule has 2 aromatic rings. The first kappa shape index (κ1) is 34.5. The fraction of sp³-hybridized carbons (Fsp3) is 0.548. The van der Waals surface area contributed by atoms with E-state index < -0.39 is 0 Å². The molecule has 7 rings (SSSR count). The van der Waals surface area contributed by atoms with E-state index in [9.17, 15) is 9.59 Å². The van der Waals surface area contributed by atoms with Crippen molar-refractivity contribution in [1.82, 2.24) is 10.6 Å². The number of anilines is 3. The molecule has 4 fully saturated rings. The van der Waals surface area contributed by atoms with Gasteiger partial charge in [-0.25, -0.2) is 4.99 Å². The molecule has 0 aromatic heterocycles. The molecule has 2 aromatic carbocycles. The summed E-state index contributed by atoms with van der Waals surface area (Å²) in [6.07, 6.45) is 19.9. The van der Waals surface area contributed by atoms with Crippen LogP contribution in [0.25, 0.3) is 0 Å². The summed E-state index contributed by atoms with van der Waals surface area (Å²) in [6.45, 7) is 6.52. The Labute approximate surface area is 298 Å². The number of allylic oxidation sites excluding steroid dienone is 2. The van der Waals surface area contributed by atoms with Gasteiger partial charge in [-0.1, -0.05) is 37.5 Å². The number of imide groups is 1. The van der Waals surface area contributed by atoms with Crippen LogP contribution in [-0.2, 0) is 16.0 Å². The molecule has 5 aliphatic heterocycles. The highest BCUT2D eigenvalue weighted by atomic mass is 16.2. The fourth-order valence-corrected chi connectivity index (χ4v) is 8.55. The highest BCUT2D eigenvalue weighted by Gasteiger charge is 2.26. The van der Waals surface area contributed by atoms with Crippen LogP contribution in [0.1, 0.15) is 89.0 Å². The van der Waals surface area contributed by atoms with Crippen molar-refractivity contribution >= 4 is 34.6 Å². The highest BCUT2D eigenvalue weighted by Crippen LogP contribution is 2.31. The number of aryl methyl sites for hydroxylation is 1. The molecule has 1 atom stereocenters. The zero-order valence-corrected chi connectivity index (χ0v) is 29.8. The van der Waals surface area contributed by atoms with Gasteiger partial charge in [-0.15, -0.1) is 0 Å². The number of piperidine rings is 4. The molecule has 0 bridgehead atoms. The molecular formula is C42H56N6O2. The Kier molecular flexibility index (Phi) is 11.6. The normalized spacial score (nSPS) is 25.6. The predicted octanol–water partition coefficient (Wildman–Crippen LogP) is 7.38. The molecule has 3 N–H and O–H groups in total. The number of aliphatic imine (C=N–C) groups is 1. The van der Waals surface area contributed by atoms with Crippen molar-refractivity contribution < 1.29 is 9.59 Å². The van der Waals surface area contributed by atoms with Gasteiger partial charge in [0, 0.05) is 62.1 Å². The van der Waals surface area contributed by atoms with Crippen LogP contribution in [0.4, 0.5) is 17.1 Å². The SMILES string of the molecule is O=C1CCC(CCc2ccc(N3CCC(CCCC4CCN(c5ccc(NC6=C\CC/C=C7/CCNC/C7=N/6)cc5)CC4)CC3)cc2)C(=O)N1. The minimum Gasteiger partial charge on any atom is -0.372 e. The summed E-state index contributed by atoms with van der Waals surface area (Å²) in [5.41, 5.74) is 7.63. The molecule has 0 aliphatic carbocycles. The maximum atomic E-state index is 12.1. The Morgan fingerprint density at radius 2 is 1.38 bits per heavy atom. The fourth-order valence-electron chi connectivity index (χ4n) is 8.55. The maximum Gasteiger partial charge on any atom is 0.229 e. The summed E-state index contributed by atoms with van der Waals surface area (Å²) in [7, 11) is 0. The standard InChI is InChI=1S/C42H56N6O2/c49-41-19-12-35(42(50)46-41)11-8-33-9-15-37(16-10-33)47-26-21-31(22-27-47)4-3-5-32-23-28-48(29-24-32)38-17-13-36(14-18-38)44-40-7-2-1-6-34-20-25-43-30-39(34)45-40/h6-7,9-10,13-18,31-32,35,43-44H,1-5,8,11-12,19-30H2,(H,46,49,50)/b34-6-,40-7-,45-39-. The summed E-state index contributed by atoms with van der Waals surface area (Å²) >= 11 is 0. The Morgan fingerprint density at radius 1 is 0.740 bits per heavy atom. The summed E-state index contributed by atoms with van der Waals surface area (Å²) in [6, 6.07) is 17.9. The van der Waals surface area contributed by atoms with Gasteiger partial charge in [-0.3, -0.25) is 14.9 Å². The zero-order chi connectivity index (χ0) is 34.1. The number of nitrogens with one attached hydrogen (secondary N) is 3. The van der Waals surface area contributed by atoms with Crippen molar-refractivity contribution in [3.05, 3.63) is 77.6 Å². The van der Waals surface area contributed by atoms with E-state index in [1.54, 1.807) is 0 Å².